The third kappa shape index (κ3) is 7.37. The summed E-state index contributed by atoms with van der Waals surface area (Å²) in [6, 6.07) is 18.1. The molecule has 1 unspecified atom stereocenters. The van der Waals surface area contributed by atoms with Gasteiger partial charge in [-0.15, -0.1) is 5.10 Å². The number of nitrogens with one attached hydrogen (secondary N) is 1. The first-order valence-electron chi connectivity index (χ1n) is 14.1. The van der Waals surface area contributed by atoms with Crippen molar-refractivity contribution in [1.82, 2.24) is 14.8 Å². The Morgan fingerprint density at radius 2 is 1.82 bits per heavy atom. The van der Waals surface area contributed by atoms with E-state index in [9.17, 15) is 4.79 Å². The minimum absolute atomic E-state index is 0.139. The summed E-state index contributed by atoms with van der Waals surface area (Å²) in [6.45, 7) is 6.63. The number of anilines is 1. The number of hydrogen-bond acceptors (Lipinski definition) is 8. The first kappa shape index (κ1) is 32.2. The number of benzene rings is 3. The molecule has 12 heteroatoms. The molecule has 0 saturated heterocycles. The minimum Gasteiger partial charge on any atom is -0.490 e. The molecule has 1 aliphatic heterocycles. The maximum absolute atomic E-state index is 13.8. The van der Waals surface area contributed by atoms with E-state index in [2.05, 4.69) is 28.2 Å². The molecule has 1 aromatic heterocycles. The van der Waals surface area contributed by atoms with Crippen LogP contribution in [0.2, 0.25) is 10.0 Å². The summed E-state index contributed by atoms with van der Waals surface area (Å²) in [5, 5.41) is 9.62. The van der Waals surface area contributed by atoms with Crippen molar-refractivity contribution in [2.24, 2.45) is 0 Å². The number of rotatable bonds is 12. The van der Waals surface area contributed by atoms with Gasteiger partial charge < -0.3 is 19.5 Å². The largest absolute Gasteiger partial charge is 0.490 e. The zero-order valence-corrected chi connectivity index (χ0v) is 28.3. The number of ether oxygens (including phenoxy) is 3. The molecule has 0 amide bonds. The summed E-state index contributed by atoms with van der Waals surface area (Å²) < 4.78 is 20.5. The second-order valence-corrected chi connectivity index (χ2v) is 12.7. The molecule has 1 N–H and O–H groups in total. The van der Waals surface area contributed by atoms with Gasteiger partial charge >= 0.3 is 5.97 Å². The van der Waals surface area contributed by atoms with E-state index in [1.54, 1.807) is 28.6 Å². The van der Waals surface area contributed by atoms with E-state index in [0.29, 0.717) is 55.0 Å². The second-order valence-electron chi connectivity index (χ2n) is 9.94. The fourth-order valence-corrected chi connectivity index (χ4v) is 6.27. The molecule has 1 aliphatic rings. The predicted molar refractivity (Wildman–Crippen MR) is 178 cm³/mol. The van der Waals surface area contributed by atoms with E-state index in [-0.39, 0.29) is 13.2 Å². The van der Waals surface area contributed by atoms with Crippen molar-refractivity contribution >= 4 is 62.8 Å². The third-order valence-corrected chi connectivity index (χ3v) is 9.09. The fraction of sp³-hybridized carbons (Fsp3) is 0.281. The fourth-order valence-electron chi connectivity index (χ4n) is 4.69. The van der Waals surface area contributed by atoms with Gasteiger partial charge in [0, 0.05) is 11.4 Å². The van der Waals surface area contributed by atoms with Crippen molar-refractivity contribution in [2.45, 2.75) is 51.6 Å². The Balaban J connectivity index is 1.52. The molecule has 230 valence electrons. The number of carbonyl (C=O) groups excluding carboxylic acids is 1. The summed E-state index contributed by atoms with van der Waals surface area (Å²) in [5.41, 5.74) is 3.54. The van der Waals surface area contributed by atoms with Crippen LogP contribution in [0.4, 0.5) is 5.95 Å². The molecule has 44 heavy (non-hydrogen) atoms. The van der Waals surface area contributed by atoms with Gasteiger partial charge in [0.2, 0.25) is 11.1 Å². The Labute approximate surface area is 279 Å². The Kier molecular flexibility index (Phi) is 10.8. The lowest BCUT2D eigenvalue weighted by Gasteiger charge is -2.29. The molecule has 3 aromatic carbocycles. The van der Waals surface area contributed by atoms with E-state index < -0.39 is 12.0 Å². The Morgan fingerprint density at radius 3 is 2.55 bits per heavy atom. The number of hydrogen-bond donors (Lipinski definition) is 1. The van der Waals surface area contributed by atoms with Gasteiger partial charge in [0.1, 0.15) is 19.3 Å². The quantitative estimate of drug-likeness (QED) is 0.115. The van der Waals surface area contributed by atoms with Crippen LogP contribution >= 0.6 is 50.9 Å². The van der Waals surface area contributed by atoms with Gasteiger partial charge in [0.05, 0.1) is 26.7 Å². The van der Waals surface area contributed by atoms with Crippen LogP contribution in [0.3, 0.4) is 0 Å². The predicted octanol–water partition coefficient (Wildman–Crippen LogP) is 8.86. The molecule has 0 radical (unpaired) electrons. The van der Waals surface area contributed by atoms with Crippen LogP contribution in [0.25, 0.3) is 0 Å². The number of esters is 1. The molecule has 4 aromatic rings. The summed E-state index contributed by atoms with van der Waals surface area (Å²) in [5.74, 6) is 1.98. The molecule has 1 atom stereocenters. The topological polar surface area (TPSA) is 87.5 Å². The van der Waals surface area contributed by atoms with Crippen LogP contribution in [0.1, 0.15) is 49.9 Å². The van der Waals surface area contributed by atoms with E-state index >= 15 is 0 Å². The molecular weight excluding hydrogens is 687 g/mol. The average molecular weight is 719 g/mol. The van der Waals surface area contributed by atoms with Crippen molar-refractivity contribution in [3.63, 3.8) is 0 Å². The standard InChI is InChI=1S/C32H31BrCl2N4O4S/c1-4-13-44-32-37-31-36-19(3)27(30(40)43-17-20-9-7-6-8-10-20)28(39(31)38-32)22-15-23(33)29(26(16-22)41-5-2)42-18-21-11-12-24(34)25(35)14-21/h6-12,14-16,28H,4-5,13,17-18H2,1-3H3,(H,36,37,38). The maximum Gasteiger partial charge on any atom is 0.338 e. The van der Waals surface area contributed by atoms with Gasteiger partial charge in [-0.1, -0.05) is 78.3 Å². The second kappa shape index (κ2) is 14.7. The number of allylic oxidation sites excluding steroid dienone is 1. The highest BCUT2D eigenvalue weighted by Gasteiger charge is 2.36. The van der Waals surface area contributed by atoms with Crippen molar-refractivity contribution < 1.29 is 19.0 Å². The molecule has 8 nitrogen and oxygen atoms in total. The van der Waals surface area contributed by atoms with Crippen LogP contribution in [0, 0.1) is 0 Å². The van der Waals surface area contributed by atoms with Crippen LogP contribution < -0.4 is 14.8 Å². The van der Waals surface area contributed by atoms with Crippen LogP contribution in [0.15, 0.2) is 81.6 Å². The lowest BCUT2D eigenvalue weighted by atomic mass is 9.95. The highest BCUT2D eigenvalue weighted by molar-refractivity contribution is 9.10. The zero-order chi connectivity index (χ0) is 31.2. The molecule has 0 spiro atoms. The lowest BCUT2D eigenvalue weighted by Crippen LogP contribution is -2.29. The smallest absolute Gasteiger partial charge is 0.338 e. The monoisotopic (exact) mass is 716 g/mol. The van der Waals surface area contributed by atoms with Gasteiger partial charge in [-0.2, -0.15) is 4.98 Å². The normalized spacial score (nSPS) is 14.2. The Bertz CT molecular complexity index is 1680. The number of carbonyl (C=O) groups is 1. The zero-order valence-electron chi connectivity index (χ0n) is 24.4. The highest BCUT2D eigenvalue weighted by atomic mass is 79.9. The third-order valence-electron chi connectivity index (χ3n) is 6.72. The summed E-state index contributed by atoms with van der Waals surface area (Å²) in [4.78, 5) is 18.5. The number of aromatic nitrogens is 3. The summed E-state index contributed by atoms with van der Waals surface area (Å²) in [7, 11) is 0. The summed E-state index contributed by atoms with van der Waals surface area (Å²) >= 11 is 17.6. The number of fused-ring (bicyclic) bond motifs is 1. The Hall–Kier alpha value is -3.18. The van der Waals surface area contributed by atoms with Gasteiger partial charge in [-0.05, 0) is 77.2 Å². The van der Waals surface area contributed by atoms with Gasteiger partial charge in [-0.3, -0.25) is 0 Å². The van der Waals surface area contributed by atoms with Crippen LogP contribution in [-0.4, -0.2) is 33.1 Å². The lowest BCUT2D eigenvalue weighted by molar-refractivity contribution is -0.140. The van der Waals surface area contributed by atoms with Crippen molar-refractivity contribution in [2.75, 3.05) is 17.7 Å². The highest BCUT2D eigenvalue weighted by Crippen LogP contribution is 2.44. The number of nitrogens with zero attached hydrogens (tertiary/aromatic N) is 3. The van der Waals surface area contributed by atoms with Crippen molar-refractivity contribution in [3.8, 4) is 11.5 Å². The minimum atomic E-state index is -0.641. The average Bonchev–Trinajstić information content (AvgIpc) is 3.42. The SMILES string of the molecule is CCCSc1nc2n(n1)C(c1cc(Br)c(OCc3ccc(Cl)c(Cl)c3)c(OCC)c1)C(C(=O)OCc1ccccc1)=C(C)N2. The van der Waals surface area contributed by atoms with Gasteiger partial charge in [0.15, 0.2) is 11.5 Å². The van der Waals surface area contributed by atoms with E-state index in [1.807, 2.05) is 62.4 Å². The molecule has 0 saturated carbocycles. The Morgan fingerprint density at radius 1 is 1.02 bits per heavy atom. The van der Waals surface area contributed by atoms with Gasteiger partial charge in [-0.25, -0.2) is 9.48 Å². The summed E-state index contributed by atoms with van der Waals surface area (Å²) in [6.07, 6.45) is 0.980. The molecule has 2 heterocycles. The van der Waals surface area contributed by atoms with E-state index in [4.69, 9.17) is 47.5 Å². The molecule has 5 rings (SSSR count). The van der Waals surface area contributed by atoms with E-state index in [1.165, 1.54) is 0 Å². The van der Waals surface area contributed by atoms with Crippen LogP contribution in [0.5, 0.6) is 11.5 Å². The van der Waals surface area contributed by atoms with Crippen molar-refractivity contribution in [1.29, 1.82) is 0 Å². The van der Waals surface area contributed by atoms with E-state index in [0.717, 1.165) is 28.9 Å². The van der Waals surface area contributed by atoms with Crippen molar-refractivity contribution in [3.05, 3.63) is 103 Å². The molecule has 0 aliphatic carbocycles. The number of halogens is 3. The maximum atomic E-state index is 13.8. The molecule has 0 bridgehead atoms. The number of thioether (sulfide) groups is 1. The first-order valence-corrected chi connectivity index (χ1v) is 16.6. The van der Waals surface area contributed by atoms with Gasteiger partial charge in [0.25, 0.3) is 0 Å². The van der Waals surface area contributed by atoms with Crippen LogP contribution in [-0.2, 0) is 22.7 Å². The first-order chi connectivity index (χ1) is 21.3. The molecule has 0 fully saturated rings. The molecular formula is C32H31BrCl2N4O4S.